The summed E-state index contributed by atoms with van der Waals surface area (Å²) >= 11 is 12.1. The van der Waals surface area contributed by atoms with Crippen molar-refractivity contribution >= 4 is 56.7 Å². The van der Waals surface area contributed by atoms with Crippen LogP contribution in [0.5, 0.6) is 0 Å². The molecule has 0 radical (unpaired) electrons. The lowest BCUT2D eigenvalue weighted by atomic mass is 9.97. The Bertz CT molecular complexity index is 1890. The van der Waals surface area contributed by atoms with Gasteiger partial charge >= 0.3 is 0 Å². The van der Waals surface area contributed by atoms with Crippen LogP contribution in [0.2, 0.25) is 10.0 Å². The van der Waals surface area contributed by atoms with Gasteiger partial charge in [-0.15, -0.1) is 0 Å². The van der Waals surface area contributed by atoms with Gasteiger partial charge in [-0.2, -0.15) is 10.2 Å². The molecule has 0 saturated carbocycles. The average molecular weight is 636 g/mol. The van der Waals surface area contributed by atoms with Gasteiger partial charge in [0.05, 0.1) is 22.1 Å². The van der Waals surface area contributed by atoms with Crippen LogP contribution in [0, 0.1) is 0 Å². The summed E-state index contributed by atoms with van der Waals surface area (Å²) < 4.78 is 0. The third-order valence-electron chi connectivity index (χ3n) is 6.49. The van der Waals surface area contributed by atoms with Crippen LogP contribution < -0.4 is 11.1 Å². The minimum absolute atomic E-state index is 0.0169. The Hall–Kier alpha value is -4.62. The molecule has 2 heterocycles. The minimum Gasteiger partial charge on any atom is -0.382 e. The topological polar surface area (TPSA) is 163 Å². The normalized spacial score (nSPS) is 13.7. The maximum Gasteiger partial charge on any atom is 0.276 e. The van der Waals surface area contributed by atoms with E-state index in [1.807, 2.05) is 0 Å². The molecule has 226 valence electrons. The second-order valence-electron chi connectivity index (χ2n) is 10.3. The van der Waals surface area contributed by atoms with Gasteiger partial charge in [0.2, 0.25) is 0 Å². The highest BCUT2D eigenvalue weighted by atomic mass is 35.5. The van der Waals surface area contributed by atoms with E-state index in [0.717, 1.165) is 0 Å². The third-order valence-corrected chi connectivity index (χ3v) is 6.97. The lowest BCUT2D eigenvalue weighted by Gasteiger charge is -2.19. The molecule has 0 aliphatic rings. The van der Waals surface area contributed by atoms with Crippen LogP contribution in [0.3, 0.4) is 0 Å². The lowest BCUT2D eigenvalue weighted by Crippen LogP contribution is -2.28. The molecule has 0 saturated heterocycles. The molecule has 0 amide bonds. The van der Waals surface area contributed by atoms with Gasteiger partial charge in [0, 0.05) is 38.2 Å². The van der Waals surface area contributed by atoms with E-state index in [4.69, 9.17) is 23.2 Å². The first-order valence-corrected chi connectivity index (χ1v) is 14.0. The summed E-state index contributed by atoms with van der Waals surface area (Å²) in [6, 6.07) is 16.1. The number of aromatic nitrogens is 4. The standard InChI is InChI=1S/C30H28Cl2N8O4/c1-39(2)37-23(25-29(43)35-21-13-17(31)9-11-19(21)33-25)27(41)15-5-7-16(8-6-15)28(42)24(38-40(3)4)26-30(44)36-22-14-18(32)10-12-20(22)34-26/h5-14,27-28,41-42H,1-4H3,(H,35,43)(H,36,44)/b37-23-,38-24-/t27-,28+. The predicted molar refractivity (Wildman–Crippen MR) is 172 cm³/mol. The fourth-order valence-corrected chi connectivity index (χ4v) is 4.88. The van der Waals surface area contributed by atoms with Crippen molar-refractivity contribution in [2.24, 2.45) is 10.2 Å². The molecule has 12 nitrogen and oxygen atoms in total. The maximum absolute atomic E-state index is 13.0. The molecule has 3 aromatic carbocycles. The Morgan fingerprint density at radius 3 is 1.39 bits per heavy atom. The number of aliphatic hydroxyl groups excluding tert-OH is 2. The Kier molecular flexibility index (Phi) is 8.79. The molecule has 0 unspecified atom stereocenters. The molecule has 0 aliphatic carbocycles. The van der Waals surface area contributed by atoms with Crippen LogP contribution in [0.4, 0.5) is 0 Å². The Balaban J connectivity index is 1.50. The number of hydrazone groups is 2. The van der Waals surface area contributed by atoms with Crippen molar-refractivity contribution in [1.29, 1.82) is 0 Å². The summed E-state index contributed by atoms with van der Waals surface area (Å²) in [6.07, 6.45) is -2.71. The molecule has 2 aromatic heterocycles. The molecule has 2 atom stereocenters. The molecule has 5 aromatic rings. The number of nitrogens with zero attached hydrogens (tertiary/aromatic N) is 6. The molecule has 4 N–H and O–H groups in total. The van der Waals surface area contributed by atoms with Crippen LogP contribution in [0.1, 0.15) is 34.7 Å². The second kappa shape index (κ2) is 12.5. The minimum atomic E-state index is -1.35. The van der Waals surface area contributed by atoms with Crippen molar-refractivity contribution in [2.75, 3.05) is 28.2 Å². The third kappa shape index (κ3) is 6.48. The summed E-state index contributed by atoms with van der Waals surface area (Å²) in [5.74, 6) is 0. The monoisotopic (exact) mass is 634 g/mol. The Morgan fingerprint density at radius 2 is 1.05 bits per heavy atom. The van der Waals surface area contributed by atoms with Gasteiger partial charge in [-0.05, 0) is 47.5 Å². The number of aliphatic hydroxyl groups is 2. The number of hydrogen-bond donors (Lipinski definition) is 4. The van der Waals surface area contributed by atoms with Gasteiger partial charge in [0.15, 0.2) is 11.4 Å². The Labute approximate surface area is 260 Å². The highest BCUT2D eigenvalue weighted by Gasteiger charge is 2.26. The second-order valence-corrected chi connectivity index (χ2v) is 11.2. The van der Waals surface area contributed by atoms with Crippen molar-refractivity contribution in [3.63, 3.8) is 0 Å². The van der Waals surface area contributed by atoms with Gasteiger partial charge in [0.25, 0.3) is 11.1 Å². The molecule has 44 heavy (non-hydrogen) atoms. The number of rotatable bonds is 8. The van der Waals surface area contributed by atoms with Crippen molar-refractivity contribution in [2.45, 2.75) is 12.2 Å². The number of hydrogen-bond acceptors (Lipinski definition) is 10. The molecule has 0 bridgehead atoms. The van der Waals surface area contributed by atoms with Gasteiger partial charge < -0.3 is 30.2 Å². The highest BCUT2D eigenvalue weighted by molar-refractivity contribution is 6.31. The number of benzene rings is 3. The van der Waals surface area contributed by atoms with Gasteiger partial charge in [-0.1, -0.05) is 47.5 Å². The summed E-state index contributed by atoms with van der Waals surface area (Å²) in [4.78, 5) is 40.4. The van der Waals surface area contributed by atoms with Crippen LogP contribution in [-0.4, -0.2) is 79.8 Å². The predicted octanol–water partition coefficient (Wildman–Crippen LogP) is 3.47. The number of H-pyrrole nitrogens is 2. The van der Waals surface area contributed by atoms with Crippen molar-refractivity contribution < 1.29 is 10.2 Å². The number of aromatic amines is 2. The van der Waals surface area contributed by atoms with E-state index < -0.39 is 23.3 Å². The van der Waals surface area contributed by atoms with E-state index >= 15 is 0 Å². The highest BCUT2D eigenvalue weighted by Crippen LogP contribution is 2.24. The zero-order valence-corrected chi connectivity index (χ0v) is 25.6. The lowest BCUT2D eigenvalue weighted by molar-refractivity contribution is 0.240. The zero-order valence-electron chi connectivity index (χ0n) is 24.1. The van der Waals surface area contributed by atoms with Crippen LogP contribution in [-0.2, 0) is 0 Å². The van der Waals surface area contributed by atoms with Crippen LogP contribution >= 0.6 is 23.2 Å². The molecule has 5 rings (SSSR count). The molecular formula is C30H28Cl2N8O4. The van der Waals surface area contributed by atoms with Crippen LogP contribution in [0.15, 0.2) is 80.5 Å². The van der Waals surface area contributed by atoms with Gasteiger partial charge in [0.1, 0.15) is 23.6 Å². The van der Waals surface area contributed by atoms with E-state index in [2.05, 4.69) is 30.1 Å². The average Bonchev–Trinajstić information content (AvgIpc) is 2.97. The van der Waals surface area contributed by atoms with Gasteiger partial charge in [-0.3, -0.25) is 9.59 Å². The molecule has 0 spiro atoms. The summed E-state index contributed by atoms with van der Waals surface area (Å²) in [5, 5.41) is 35.3. The molecule has 0 fully saturated rings. The SMILES string of the molecule is CN(C)/N=C(/c1nc2ccc(Cl)cc2[nH]c1=O)[C@@H](O)c1ccc([C@@H](O)/C(=N\N(C)C)c2nc3ccc(Cl)cc3[nH]c2=O)cc1. The van der Waals surface area contributed by atoms with E-state index in [1.165, 1.54) is 10.0 Å². The summed E-state index contributed by atoms with van der Waals surface area (Å²) in [5.41, 5.74) is 1.39. The Morgan fingerprint density at radius 1 is 0.682 bits per heavy atom. The summed E-state index contributed by atoms with van der Waals surface area (Å²) in [7, 11) is 6.63. The van der Waals surface area contributed by atoms with E-state index in [0.29, 0.717) is 43.2 Å². The van der Waals surface area contributed by atoms with E-state index in [1.54, 1.807) is 88.9 Å². The first-order valence-electron chi connectivity index (χ1n) is 13.3. The van der Waals surface area contributed by atoms with Crippen LogP contribution in [0.25, 0.3) is 22.1 Å². The fraction of sp³-hybridized carbons (Fsp3) is 0.200. The quantitative estimate of drug-likeness (QED) is 0.149. The van der Waals surface area contributed by atoms with Crippen molar-refractivity contribution in [3.05, 3.63) is 114 Å². The fourth-order valence-electron chi connectivity index (χ4n) is 4.53. The molecule has 14 heteroatoms. The van der Waals surface area contributed by atoms with Crippen molar-refractivity contribution in [3.8, 4) is 0 Å². The number of fused-ring (bicyclic) bond motifs is 2. The van der Waals surface area contributed by atoms with E-state index in [9.17, 15) is 19.8 Å². The first kappa shape index (κ1) is 30.8. The molecular weight excluding hydrogens is 607 g/mol. The number of halogens is 2. The van der Waals surface area contributed by atoms with E-state index in [-0.39, 0.29) is 22.8 Å². The largest absolute Gasteiger partial charge is 0.382 e. The van der Waals surface area contributed by atoms with Gasteiger partial charge in [-0.25, -0.2) is 9.97 Å². The van der Waals surface area contributed by atoms with Crippen molar-refractivity contribution in [1.82, 2.24) is 30.0 Å². The first-order chi connectivity index (χ1) is 20.9. The maximum atomic E-state index is 13.0. The zero-order chi connectivity index (χ0) is 31.7. The number of nitrogens with one attached hydrogen (secondary N) is 2. The molecule has 0 aliphatic heterocycles. The summed E-state index contributed by atoms with van der Waals surface area (Å²) in [6.45, 7) is 0. The smallest absolute Gasteiger partial charge is 0.276 e.